The van der Waals surface area contributed by atoms with Gasteiger partial charge in [0.15, 0.2) is 4.91 Å². The van der Waals surface area contributed by atoms with E-state index in [2.05, 4.69) is 0 Å². The Balaban J connectivity index is 1.89. The van der Waals surface area contributed by atoms with Gasteiger partial charge in [-0.2, -0.15) is 0 Å². The number of hydrogen-bond donors (Lipinski definition) is 0. The van der Waals surface area contributed by atoms with E-state index < -0.39 is 26.5 Å². The topological polar surface area (TPSA) is 66.9 Å². The molecule has 0 atom stereocenters. The van der Waals surface area contributed by atoms with E-state index in [0.717, 1.165) is 18.2 Å². The number of hydrogen-bond acceptors (Lipinski definition) is 5. The minimum Gasteiger partial charge on any atom is -0.378 e. The van der Waals surface area contributed by atoms with E-state index in [1.807, 2.05) is 0 Å². The molecular weight excluding hydrogens is 442 g/mol. The van der Waals surface area contributed by atoms with Crippen molar-refractivity contribution in [3.8, 4) is 0 Å². The van der Waals surface area contributed by atoms with Gasteiger partial charge in [0, 0.05) is 25.0 Å². The number of nitrogens with zero attached hydrogens (tertiary/aromatic N) is 2. The van der Waals surface area contributed by atoms with E-state index in [0.29, 0.717) is 23.9 Å². The lowest BCUT2D eigenvalue weighted by Gasteiger charge is -2.32. The van der Waals surface area contributed by atoms with Gasteiger partial charge >= 0.3 is 0 Å². The first-order chi connectivity index (χ1) is 13.8. The standard InChI is InChI=1S/C19H15Cl2FN2O4S/c20-14-3-2-13(10-15(14)21)24-11-18(19(25)23-5-7-28-8-6-23)29(26,27)17-4-1-12(22)9-16(17)24/h1-4,9-11H,5-8H2. The van der Waals surface area contributed by atoms with Crippen molar-refractivity contribution in [3.63, 3.8) is 0 Å². The number of fused-ring (bicyclic) bond motifs is 1. The number of ether oxygens (including phenoxy) is 1. The minimum absolute atomic E-state index is 0.0851. The predicted octanol–water partition coefficient (Wildman–Crippen LogP) is 3.76. The minimum atomic E-state index is -4.15. The quantitative estimate of drug-likeness (QED) is 0.643. The summed E-state index contributed by atoms with van der Waals surface area (Å²) >= 11 is 12.1. The van der Waals surface area contributed by atoms with Gasteiger partial charge < -0.3 is 14.5 Å². The summed E-state index contributed by atoms with van der Waals surface area (Å²) in [5.74, 6) is -1.24. The summed E-state index contributed by atoms with van der Waals surface area (Å²) in [6.07, 6.45) is 1.20. The second-order valence-electron chi connectivity index (χ2n) is 6.48. The predicted molar refractivity (Wildman–Crippen MR) is 108 cm³/mol. The highest BCUT2D eigenvalue weighted by Crippen LogP contribution is 2.41. The molecule has 0 bridgehead atoms. The van der Waals surface area contributed by atoms with Gasteiger partial charge in [-0.25, -0.2) is 12.8 Å². The second-order valence-corrected chi connectivity index (χ2v) is 9.18. The highest BCUT2D eigenvalue weighted by molar-refractivity contribution is 7.96. The number of anilines is 2. The van der Waals surface area contributed by atoms with Crippen molar-refractivity contribution < 1.29 is 22.3 Å². The van der Waals surface area contributed by atoms with Gasteiger partial charge in [0.05, 0.1) is 33.8 Å². The van der Waals surface area contributed by atoms with Crippen molar-refractivity contribution in [2.75, 3.05) is 31.2 Å². The number of amides is 1. The third-order valence-corrected chi connectivity index (χ3v) is 7.22. The molecule has 2 heterocycles. The van der Waals surface area contributed by atoms with Crippen molar-refractivity contribution in [1.29, 1.82) is 0 Å². The maximum Gasteiger partial charge on any atom is 0.267 e. The van der Waals surface area contributed by atoms with Gasteiger partial charge in [-0.3, -0.25) is 4.79 Å². The Bertz CT molecular complexity index is 1130. The van der Waals surface area contributed by atoms with Crippen LogP contribution in [-0.2, 0) is 19.4 Å². The average Bonchev–Trinajstić information content (AvgIpc) is 2.70. The highest BCUT2D eigenvalue weighted by Gasteiger charge is 2.38. The number of benzene rings is 2. The van der Waals surface area contributed by atoms with Crippen molar-refractivity contribution in [1.82, 2.24) is 4.90 Å². The zero-order valence-electron chi connectivity index (χ0n) is 14.9. The summed E-state index contributed by atoms with van der Waals surface area (Å²) in [5.41, 5.74) is 0.523. The fourth-order valence-corrected chi connectivity index (χ4v) is 5.03. The molecule has 0 aliphatic carbocycles. The molecule has 1 saturated heterocycles. The van der Waals surface area contributed by atoms with E-state index in [1.165, 1.54) is 22.1 Å². The van der Waals surface area contributed by atoms with Crippen LogP contribution in [0.5, 0.6) is 0 Å². The van der Waals surface area contributed by atoms with E-state index >= 15 is 0 Å². The lowest BCUT2D eigenvalue weighted by molar-refractivity contribution is -0.130. The van der Waals surface area contributed by atoms with E-state index in [-0.39, 0.29) is 28.7 Å². The Morgan fingerprint density at radius 3 is 2.45 bits per heavy atom. The van der Waals surface area contributed by atoms with Crippen LogP contribution in [0, 0.1) is 5.82 Å². The van der Waals surface area contributed by atoms with Crippen LogP contribution in [0.4, 0.5) is 15.8 Å². The zero-order valence-corrected chi connectivity index (χ0v) is 17.3. The number of carbonyl (C=O) groups is 1. The fourth-order valence-electron chi connectivity index (χ4n) is 3.22. The van der Waals surface area contributed by atoms with Crippen LogP contribution >= 0.6 is 23.2 Å². The van der Waals surface area contributed by atoms with Crippen molar-refractivity contribution in [2.24, 2.45) is 0 Å². The number of carbonyl (C=O) groups excluding carboxylic acids is 1. The molecule has 29 heavy (non-hydrogen) atoms. The van der Waals surface area contributed by atoms with Crippen molar-refractivity contribution >= 4 is 50.3 Å². The molecule has 0 radical (unpaired) electrons. The Kier molecular flexibility index (Phi) is 5.29. The Hall–Kier alpha value is -2.13. The molecule has 1 fully saturated rings. The van der Waals surface area contributed by atoms with Gasteiger partial charge in [0.2, 0.25) is 9.84 Å². The van der Waals surface area contributed by atoms with Crippen molar-refractivity contribution in [2.45, 2.75) is 4.90 Å². The van der Waals surface area contributed by atoms with Crippen LogP contribution in [0.15, 0.2) is 52.4 Å². The van der Waals surface area contributed by atoms with Crippen LogP contribution in [0.3, 0.4) is 0 Å². The molecule has 2 aliphatic heterocycles. The van der Waals surface area contributed by atoms with Crippen LogP contribution < -0.4 is 4.90 Å². The maximum atomic E-state index is 13.9. The molecule has 2 aromatic rings. The summed E-state index contributed by atoms with van der Waals surface area (Å²) in [5, 5.41) is 0.554. The number of rotatable bonds is 2. The van der Waals surface area contributed by atoms with Gasteiger partial charge in [-0.15, -0.1) is 0 Å². The summed E-state index contributed by atoms with van der Waals surface area (Å²) in [6.45, 7) is 1.23. The largest absolute Gasteiger partial charge is 0.378 e. The summed E-state index contributed by atoms with van der Waals surface area (Å²) in [7, 11) is -4.15. The molecule has 0 N–H and O–H groups in total. The van der Waals surface area contributed by atoms with Gasteiger partial charge in [-0.1, -0.05) is 23.2 Å². The highest BCUT2D eigenvalue weighted by atomic mass is 35.5. The molecule has 2 aliphatic rings. The van der Waals surface area contributed by atoms with Crippen LogP contribution in [0.25, 0.3) is 0 Å². The third kappa shape index (κ3) is 3.61. The van der Waals surface area contributed by atoms with Crippen LogP contribution in [0.1, 0.15) is 0 Å². The Labute approximate surface area is 177 Å². The van der Waals surface area contributed by atoms with E-state index in [9.17, 15) is 17.6 Å². The molecule has 152 valence electrons. The van der Waals surface area contributed by atoms with Crippen LogP contribution in [0.2, 0.25) is 10.0 Å². The van der Waals surface area contributed by atoms with E-state index in [4.69, 9.17) is 27.9 Å². The average molecular weight is 457 g/mol. The Morgan fingerprint density at radius 2 is 1.76 bits per heavy atom. The lowest BCUT2D eigenvalue weighted by Crippen LogP contribution is -2.43. The summed E-state index contributed by atoms with van der Waals surface area (Å²) in [4.78, 5) is 15.3. The molecule has 2 aromatic carbocycles. The SMILES string of the molecule is O=C(C1=CN(c2ccc(Cl)c(Cl)c2)c2cc(F)ccc2S1(=O)=O)N1CCOCC1. The molecule has 0 spiro atoms. The normalized spacial score (nSPS) is 18.2. The zero-order chi connectivity index (χ0) is 20.8. The van der Waals surface area contributed by atoms with Gasteiger partial charge in [-0.05, 0) is 36.4 Å². The molecule has 6 nitrogen and oxygen atoms in total. The molecule has 0 saturated carbocycles. The Morgan fingerprint density at radius 1 is 1.03 bits per heavy atom. The monoisotopic (exact) mass is 456 g/mol. The lowest BCUT2D eigenvalue weighted by atomic mass is 10.2. The van der Waals surface area contributed by atoms with E-state index in [1.54, 1.807) is 12.1 Å². The number of halogens is 3. The third-order valence-electron chi connectivity index (χ3n) is 4.70. The fraction of sp³-hybridized carbons (Fsp3) is 0.211. The first-order valence-corrected chi connectivity index (χ1v) is 10.9. The molecule has 10 heteroatoms. The van der Waals surface area contributed by atoms with Crippen LogP contribution in [-0.4, -0.2) is 45.5 Å². The molecular formula is C19H15Cl2FN2O4S. The van der Waals surface area contributed by atoms with Gasteiger partial charge in [0.25, 0.3) is 5.91 Å². The first-order valence-electron chi connectivity index (χ1n) is 8.67. The first kappa shape index (κ1) is 20.2. The van der Waals surface area contributed by atoms with Crippen molar-refractivity contribution in [3.05, 3.63) is 63.4 Å². The molecule has 1 amide bonds. The molecule has 4 rings (SSSR count). The smallest absolute Gasteiger partial charge is 0.267 e. The summed E-state index contributed by atoms with van der Waals surface area (Å²) < 4.78 is 45.5. The number of sulfone groups is 1. The second kappa shape index (κ2) is 7.60. The molecule has 0 unspecified atom stereocenters. The number of morpholine rings is 1. The maximum absolute atomic E-state index is 13.9. The van der Waals surface area contributed by atoms with Gasteiger partial charge in [0.1, 0.15) is 5.82 Å². The summed E-state index contributed by atoms with van der Waals surface area (Å²) in [6, 6.07) is 7.97. The molecule has 0 aromatic heterocycles.